The highest BCUT2D eigenvalue weighted by Crippen LogP contribution is 2.32. The number of pyridine rings is 1. The maximum absolute atomic E-state index is 6.00. The Balaban J connectivity index is 1.98. The summed E-state index contributed by atoms with van der Waals surface area (Å²) in [6.45, 7) is 0.452. The van der Waals surface area contributed by atoms with Crippen molar-refractivity contribution in [3.05, 3.63) is 60.3 Å². The lowest BCUT2D eigenvalue weighted by atomic mass is 10.2. The first-order valence-electron chi connectivity index (χ1n) is 6.70. The molecule has 0 saturated carbocycles. The van der Waals surface area contributed by atoms with Gasteiger partial charge in [-0.2, -0.15) is 0 Å². The third-order valence-electron chi connectivity index (χ3n) is 3.31. The average molecular weight is 296 g/mol. The van der Waals surface area contributed by atoms with Gasteiger partial charge >= 0.3 is 0 Å². The molecule has 2 aromatic carbocycles. The summed E-state index contributed by atoms with van der Waals surface area (Å²) in [7, 11) is 0. The zero-order chi connectivity index (χ0) is 14.7. The number of fused-ring (bicyclic) bond motifs is 1. The Kier molecular flexibility index (Phi) is 4.08. The van der Waals surface area contributed by atoms with Gasteiger partial charge in [-0.1, -0.05) is 24.3 Å². The van der Waals surface area contributed by atoms with Crippen LogP contribution in [0.4, 0.5) is 0 Å². The van der Waals surface area contributed by atoms with Gasteiger partial charge in [-0.3, -0.25) is 4.98 Å². The third kappa shape index (κ3) is 2.86. The molecule has 0 fully saturated rings. The van der Waals surface area contributed by atoms with Crippen molar-refractivity contribution in [1.82, 2.24) is 4.98 Å². The quantitative estimate of drug-likeness (QED) is 0.733. The van der Waals surface area contributed by atoms with Crippen LogP contribution in [0.25, 0.3) is 10.9 Å². The van der Waals surface area contributed by atoms with E-state index in [-0.39, 0.29) is 0 Å². The third-order valence-corrected chi connectivity index (χ3v) is 4.13. The largest absolute Gasteiger partial charge is 0.455 e. The van der Waals surface area contributed by atoms with E-state index in [0.29, 0.717) is 6.54 Å². The van der Waals surface area contributed by atoms with Crippen molar-refractivity contribution in [2.24, 2.45) is 5.73 Å². The Morgan fingerprint density at radius 2 is 2.00 bits per heavy atom. The number of thioether (sulfide) groups is 1. The predicted molar refractivity (Wildman–Crippen MR) is 87.9 cm³/mol. The van der Waals surface area contributed by atoms with E-state index >= 15 is 0 Å². The van der Waals surface area contributed by atoms with Gasteiger partial charge in [0.2, 0.25) is 0 Å². The Morgan fingerprint density at radius 1 is 1.14 bits per heavy atom. The zero-order valence-corrected chi connectivity index (χ0v) is 12.6. The minimum Gasteiger partial charge on any atom is -0.455 e. The maximum Gasteiger partial charge on any atom is 0.146 e. The molecule has 2 N–H and O–H groups in total. The smallest absolute Gasteiger partial charge is 0.146 e. The van der Waals surface area contributed by atoms with Gasteiger partial charge in [0.05, 0.1) is 11.7 Å². The van der Waals surface area contributed by atoms with Crippen LogP contribution in [0.5, 0.6) is 11.5 Å². The highest BCUT2D eigenvalue weighted by atomic mass is 32.2. The molecule has 0 atom stereocenters. The minimum absolute atomic E-state index is 0.452. The number of hydrogen-bond acceptors (Lipinski definition) is 4. The van der Waals surface area contributed by atoms with Gasteiger partial charge in [0.15, 0.2) is 0 Å². The molecular weight excluding hydrogens is 280 g/mol. The minimum atomic E-state index is 0.452. The first kappa shape index (κ1) is 13.9. The summed E-state index contributed by atoms with van der Waals surface area (Å²) in [5, 5.41) is 1.06. The molecule has 0 amide bonds. The fraction of sp³-hybridized carbons (Fsp3) is 0.118. The molecule has 0 aliphatic heterocycles. The van der Waals surface area contributed by atoms with Crippen molar-refractivity contribution in [2.45, 2.75) is 11.4 Å². The number of hydrogen-bond donors (Lipinski definition) is 1. The molecule has 3 rings (SSSR count). The Morgan fingerprint density at radius 3 is 2.81 bits per heavy atom. The molecule has 0 aliphatic carbocycles. The number of benzene rings is 2. The monoisotopic (exact) mass is 296 g/mol. The molecule has 0 radical (unpaired) electrons. The van der Waals surface area contributed by atoms with Crippen LogP contribution in [0.1, 0.15) is 5.56 Å². The lowest BCUT2D eigenvalue weighted by Gasteiger charge is -2.13. The number of nitrogens with two attached hydrogens (primary N) is 1. The van der Waals surface area contributed by atoms with Crippen LogP contribution >= 0.6 is 11.8 Å². The van der Waals surface area contributed by atoms with Gasteiger partial charge in [-0.15, -0.1) is 11.8 Å². The SMILES string of the molecule is CSc1cccc(Oc2cnc3ccccc3c2)c1CN. The van der Waals surface area contributed by atoms with Crippen LogP contribution in [-0.2, 0) is 6.54 Å². The molecule has 0 aliphatic rings. The van der Waals surface area contributed by atoms with Crippen molar-refractivity contribution >= 4 is 22.7 Å². The van der Waals surface area contributed by atoms with E-state index in [4.69, 9.17) is 10.5 Å². The van der Waals surface area contributed by atoms with Crippen LogP contribution in [0.15, 0.2) is 59.6 Å². The summed E-state index contributed by atoms with van der Waals surface area (Å²) in [6, 6.07) is 16.0. The molecule has 0 saturated heterocycles. The molecular formula is C17H16N2OS. The van der Waals surface area contributed by atoms with Crippen molar-refractivity contribution in [1.29, 1.82) is 0 Å². The van der Waals surface area contributed by atoms with E-state index in [1.165, 1.54) is 0 Å². The second-order valence-corrected chi connectivity index (χ2v) is 5.45. The topological polar surface area (TPSA) is 48.1 Å². The number of aromatic nitrogens is 1. The van der Waals surface area contributed by atoms with Crippen LogP contribution in [0, 0.1) is 0 Å². The first-order chi connectivity index (χ1) is 10.3. The van der Waals surface area contributed by atoms with E-state index in [9.17, 15) is 0 Å². The van der Waals surface area contributed by atoms with Crippen LogP contribution in [0.2, 0.25) is 0 Å². The van der Waals surface area contributed by atoms with E-state index in [1.54, 1.807) is 18.0 Å². The van der Waals surface area contributed by atoms with Crippen LogP contribution in [0.3, 0.4) is 0 Å². The van der Waals surface area contributed by atoms with Gasteiger partial charge < -0.3 is 10.5 Å². The van der Waals surface area contributed by atoms with Gasteiger partial charge in [-0.05, 0) is 30.5 Å². The number of para-hydroxylation sites is 1. The summed E-state index contributed by atoms with van der Waals surface area (Å²) in [6.07, 6.45) is 3.78. The fourth-order valence-electron chi connectivity index (χ4n) is 2.27. The number of rotatable bonds is 4. The maximum atomic E-state index is 6.00. The van der Waals surface area contributed by atoms with Gasteiger partial charge in [0, 0.05) is 22.4 Å². The lowest BCUT2D eigenvalue weighted by molar-refractivity contribution is 0.473. The van der Waals surface area contributed by atoms with Crippen molar-refractivity contribution < 1.29 is 4.74 Å². The molecule has 0 spiro atoms. The predicted octanol–water partition coefficient (Wildman–Crippen LogP) is 4.21. The molecule has 0 bridgehead atoms. The number of nitrogens with zero attached hydrogens (tertiary/aromatic N) is 1. The van der Waals surface area contributed by atoms with E-state index in [0.717, 1.165) is 32.9 Å². The summed E-state index contributed by atoms with van der Waals surface area (Å²) in [4.78, 5) is 5.56. The van der Waals surface area contributed by atoms with Gasteiger partial charge in [-0.25, -0.2) is 0 Å². The first-order valence-corrected chi connectivity index (χ1v) is 7.93. The highest BCUT2D eigenvalue weighted by molar-refractivity contribution is 7.98. The van der Waals surface area contributed by atoms with Crippen molar-refractivity contribution in [3.8, 4) is 11.5 Å². The van der Waals surface area contributed by atoms with Crippen molar-refractivity contribution in [2.75, 3.05) is 6.26 Å². The Hall–Kier alpha value is -2.04. The van der Waals surface area contributed by atoms with E-state index < -0.39 is 0 Å². The standard InChI is InChI=1S/C17H16N2OS/c1-21-17-8-4-7-16(14(17)10-18)20-13-9-12-5-2-3-6-15(12)19-11-13/h2-9,11H,10,18H2,1H3. The molecule has 1 aromatic heterocycles. The summed E-state index contributed by atoms with van der Waals surface area (Å²) >= 11 is 1.67. The second kappa shape index (κ2) is 6.16. The molecule has 3 nitrogen and oxygen atoms in total. The zero-order valence-electron chi connectivity index (χ0n) is 11.7. The average Bonchev–Trinajstić information content (AvgIpc) is 2.54. The fourth-order valence-corrected chi connectivity index (χ4v) is 2.91. The molecule has 21 heavy (non-hydrogen) atoms. The Labute approximate surface area is 128 Å². The number of ether oxygens (including phenoxy) is 1. The summed E-state index contributed by atoms with van der Waals surface area (Å²) < 4.78 is 6.00. The second-order valence-electron chi connectivity index (χ2n) is 4.61. The van der Waals surface area contributed by atoms with Crippen molar-refractivity contribution in [3.63, 3.8) is 0 Å². The van der Waals surface area contributed by atoms with Crippen LogP contribution in [-0.4, -0.2) is 11.2 Å². The highest BCUT2D eigenvalue weighted by Gasteiger charge is 2.09. The normalized spacial score (nSPS) is 10.8. The van der Waals surface area contributed by atoms with Gasteiger partial charge in [0.25, 0.3) is 0 Å². The molecule has 3 aromatic rings. The summed E-state index contributed by atoms with van der Waals surface area (Å²) in [5.41, 5.74) is 7.85. The Bertz CT molecular complexity index is 774. The van der Waals surface area contributed by atoms with E-state index in [2.05, 4.69) is 11.1 Å². The lowest BCUT2D eigenvalue weighted by Crippen LogP contribution is -2.01. The molecule has 0 unspecified atom stereocenters. The molecule has 106 valence electrons. The van der Waals surface area contributed by atoms with Crippen LogP contribution < -0.4 is 10.5 Å². The molecule has 4 heteroatoms. The van der Waals surface area contributed by atoms with E-state index in [1.807, 2.05) is 48.7 Å². The summed E-state index contributed by atoms with van der Waals surface area (Å²) in [5.74, 6) is 1.52. The van der Waals surface area contributed by atoms with Gasteiger partial charge in [0.1, 0.15) is 11.5 Å². The molecule has 1 heterocycles.